The fourth-order valence-corrected chi connectivity index (χ4v) is 5.06. The predicted molar refractivity (Wildman–Crippen MR) is 113 cm³/mol. The third-order valence-electron chi connectivity index (χ3n) is 5.19. The lowest BCUT2D eigenvalue weighted by atomic mass is 9.89. The van der Waals surface area contributed by atoms with Crippen molar-refractivity contribution < 1.29 is 9.53 Å². The van der Waals surface area contributed by atoms with Crippen LogP contribution in [0.2, 0.25) is 0 Å². The number of thiophene rings is 1. The molecule has 146 valence electrons. The molecule has 0 aliphatic heterocycles. The van der Waals surface area contributed by atoms with Crippen LogP contribution in [0, 0.1) is 5.92 Å². The molecule has 0 radical (unpaired) electrons. The maximum Gasteiger partial charge on any atom is 0.243 e. The summed E-state index contributed by atoms with van der Waals surface area (Å²) in [5.41, 5.74) is 2.12. The molecule has 0 unspecified atom stereocenters. The van der Waals surface area contributed by atoms with E-state index in [9.17, 15) is 4.79 Å². The Morgan fingerprint density at radius 3 is 2.86 bits per heavy atom. The molecule has 1 N–H and O–H groups in total. The van der Waals surface area contributed by atoms with Gasteiger partial charge in [0, 0.05) is 17.6 Å². The summed E-state index contributed by atoms with van der Waals surface area (Å²) in [4.78, 5) is 25.9. The number of rotatable bonds is 5. The molecule has 2 heterocycles. The number of amides is 1. The van der Waals surface area contributed by atoms with Crippen LogP contribution in [0.1, 0.15) is 23.8 Å². The number of nitrogens with zero attached hydrogens (tertiary/aromatic N) is 3. The van der Waals surface area contributed by atoms with Crippen molar-refractivity contribution in [1.29, 1.82) is 0 Å². The minimum atomic E-state index is -0.0860. The number of hydrogen-bond acceptors (Lipinski definition) is 6. The topological polar surface area (TPSA) is 67.3 Å². The number of fused-ring (bicyclic) bond motifs is 3. The number of methoxy groups -OCH3 is 1. The number of anilines is 2. The van der Waals surface area contributed by atoms with E-state index >= 15 is 0 Å². The van der Waals surface area contributed by atoms with E-state index in [2.05, 4.69) is 22.2 Å². The normalized spacial score (nSPS) is 15.9. The molecule has 7 heteroatoms. The summed E-state index contributed by atoms with van der Waals surface area (Å²) >= 11 is 1.77. The predicted octanol–water partition coefficient (Wildman–Crippen LogP) is 3.90. The van der Waals surface area contributed by atoms with Crippen molar-refractivity contribution in [1.82, 2.24) is 9.97 Å². The van der Waals surface area contributed by atoms with Crippen molar-refractivity contribution in [3.63, 3.8) is 0 Å². The van der Waals surface area contributed by atoms with Crippen molar-refractivity contribution >= 4 is 39.0 Å². The maximum absolute atomic E-state index is 12.5. The monoisotopic (exact) mass is 396 g/mol. The van der Waals surface area contributed by atoms with Gasteiger partial charge in [0.15, 0.2) is 0 Å². The molecule has 6 nitrogen and oxygen atoms in total. The lowest BCUT2D eigenvalue weighted by Crippen LogP contribution is -2.30. The summed E-state index contributed by atoms with van der Waals surface area (Å²) in [6.45, 7) is 2.52. The molecule has 1 aliphatic rings. The fraction of sp³-hybridized carbons (Fsp3) is 0.381. The van der Waals surface area contributed by atoms with Gasteiger partial charge in [-0.3, -0.25) is 4.79 Å². The number of carbonyl (C=O) groups is 1. The number of benzene rings is 1. The molecule has 2 aromatic heterocycles. The molecule has 0 saturated heterocycles. The Bertz CT molecular complexity index is 1000. The molecule has 1 aliphatic carbocycles. The molecule has 1 aromatic carbocycles. The van der Waals surface area contributed by atoms with Crippen LogP contribution in [0.15, 0.2) is 30.6 Å². The van der Waals surface area contributed by atoms with Gasteiger partial charge in [0.2, 0.25) is 5.91 Å². The largest absolute Gasteiger partial charge is 0.497 e. The second-order valence-corrected chi connectivity index (χ2v) is 8.45. The van der Waals surface area contributed by atoms with Crippen molar-refractivity contribution in [2.75, 3.05) is 30.9 Å². The zero-order chi connectivity index (χ0) is 19.7. The van der Waals surface area contributed by atoms with E-state index < -0.39 is 0 Å². The van der Waals surface area contributed by atoms with Crippen LogP contribution in [-0.2, 0) is 17.6 Å². The molecule has 1 amide bonds. The van der Waals surface area contributed by atoms with E-state index in [0.29, 0.717) is 5.92 Å². The molecule has 1 atom stereocenters. The van der Waals surface area contributed by atoms with Crippen LogP contribution in [-0.4, -0.2) is 36.6 Å². The van der Waals surface area contributed by atoms with Gasteiger partial charge in [0.25, 0.3) is 0 Å². The van der Waals surface area contributed by atoms with E-state index in [-0.39, 0.29) is 12.5 Å². The van der Waals surface area contributed by atoms with Crippen molar-refractivity contribution in [2.24, 2.45) is 5.92 Å². The highest BCUT2D eigenvalue weighted by Crippen LogP contribution is 2.40. The standard InChI is InChI=1S/C21H24N4O2S/c1-13-4-9-16-17(10-13)28-21-19(16)20(22-12-23-21)25(2)11-18(26)24-14-5-7-15(27-3)8-6-14/h5-8,12-13H,4,9-11H2,1-3H3,(H,24,26)/t13-/m0/s1. The lowest BCUT2D eigenvalue weighted by Gasteiger charge is -2.21. The average molecular weight is 397 g/mol. The first-order valence-corrected chi connectivity index (χ1v) is 10.3. The second-order valence-electron chi connectivity index (χ2n) is 7.36. The van der Waals surface area contributed by atoms with E-state index in [4.69, 9.17) is 4.74 Å². The third kappa shape index (κ3) is 3.67. The summed E-state index contributed by atoms with van der Waals surface area (Å²) in [5, 5.41) is 4.05. The Morgan fingerprint density at radius 2 is 2.11 bits per heavy atom. The smallest absolute Gasteiger partial charge is 0.243 e. The van der Waals surface area contributed by atoms with Crippen molar-refractivity contribution in [3.05, 3.63) is 41.0 Å². The van der Waals surface area contributed by atoms with E-state index in [1.54, 1.807) is 24.8 Å². The van der Waals surface area contributed by atoms with Crippen LogP contribution < -0.4 is 15.0 Å². The number of aromatic nitrogens is 2. The van der Waals surface area contributed by atoms with Crippen molar-refractivity contribution in [2.45, 2.75) is 26.2 Å². The minimum Gasteiger partial charge on any atom is -0.497 e. The molecule has 0 bridgehead atoms. The second kappa shape index (κ2) is 7.75. The Labute approximate surface area is 168 Å². The number of aryl methyl sites for hydroxylation is 1. The van der Waals surface area contributed by atoms with Crippen LogP contribution >= 0.6 is 11.3 Å². The van der Waals surface area contributed by atoms with Gasteiger partial charge in [0.05, 0.1) is 19.0 Å². The van der Waals surface area contributed by atoms with Gasteiger partial charge >= 0.3 is 0 Å². The Morgan fingerprint density at radius 1 is 1.32 bits per heavy atom. The Hall–Kier alpha value is -2.67. The van der Waals surface area contributed by atoms with Crippen LogP contribution in [0.25, 0.3) is 10.2 Å². The van der Waals surface area contributed by atoms with Gasteiger partial charge in [-0.25, -0.2) is 9.97 Å². The van der Waals surface area contributed by atoms with Gasteiger partial charge in [-0.05, 0) is 55.0 Å². The quantitative estimate of drug-likeness (QED) is 0.708. The number of likely N-dealkylation sites (N-methyl/N-ethyl adjacent to an activating group) is 1. The van der Waals surface area contributed by atoms with Gasteiger partial charge < -0.3 is 15.0 Å². The molecule has 28 heavy (non-hydrogen) atoms. The SMILES string of the molecule is COc1ccc(NC(=O)CN(C)c2ncnc3sc4c(c23)CC[C@H](C)C4)cc1. The Balaban J connectivity index is 1.53. The number of hydrogen-bond donors (Lipinski definition) is 1. The van der Waals surface area contributed by atoms with Crippen LogP contribution in [0.4, 0.5) is 11.5 Å². The summed E-state index contributed by atoms with van der Waals surface area (Å²) in [6.07, 6.45) is 4.95. The molecular formula is C21H24N4O2S. The van der Waals surface area contributed by atoms with Crippen LogP contribution in [0.3, 0.4) is 0 Å². The lowest BCUT2D eigenvalue weighted by molar-refractivity contribution is -0.114. The van der Waals surface area contributed by atoms with E-state index in [1.165, 1.54) is 16.9 Å². The first-order valence-electron chi connectivity index (χ1n) is 9.45. The fourth-order valence-electron chi connectivity index (χ4n) is 3.71. The summed E-state index contributed by atoms with van der Waals surface area (Å²) < 4.78 is 5.15. The third-order valence-corrected chi connectivity index (χ3v) is 6.35. The number of ether oxygens (including phenoxy) is 1. The zero-order valence-corrected chi connectivity index (χ0v) is 17.2. The maximum atomic E-state index is 12.5. The summed E-state index contributed by atoms with van der Waals surface area (Å²) in [6, 6.07) is 7.31. The highest BCUT2D eigenvalue weighted by Gasteiger charge is 2.24. The highest BCUT2D eigenvalue weighted by atomic mass is 32.1. The number of nitrogens with one attached hydrogen (secondary N) is 1. The molecular weight excluding hydrogens is 372 g/mol. The van der Waals surface area contributed by atoms with E-state index in [0.717, 1.165) is 40.3 Å². The molecule has 0 fully saturated rings. The summed E-state index contributed by atoms with van der Waals surface area (Å²) in [5.74, 6) is 2.22. The molecule has 0 spiro atoms. The molecule has 0 saturated carbocycles. The van der Waals surface area contributed by atoms with Crippen LogP contribution in [0.5, 0.6) is 5.75 Å². The average Bonchev–Trinajstić information content (AvgIpc) is 3.05. The minimum absolute atomic E-state index is 0.0860. The van der Waals surface area contributed by atoms with Gasteiger partial charge in [-0.2, -0.15) is 0 Å². The first kappa shape index (κ1) is 18.7. The van der Waals surface area contributed by atoms with Gasteiger partial charge in [-0.15, -0.1) is 11.3 Å². The van der Waals surface area contributed by atoms with E-state index in [1.807, 2.05) is 36.2 Å². The first-order chi connectivity index (χ1) is 13.5. The highest BCUT2D eigenvalue weighted by molar-refractivity contribution is 7.19. The van der Waals surface area contributed by atoms with Gasteiger partial charge in [0.1, 0.15) is 22.7 Å². The van der Waals surface area contributed by atoms with Gasteiger partial charge in [-0.1, -0.05) is 6.92 Å². The van der Waals surface area contributed by atoms with Crippen molar-refractivity contribution in [3.8, 4) is 5.75 Å². The summed E-state index contributed by atoms with van der Waals surface area (Å²) in [7, 11) is 3.53. The number of carbonyl (C=O) groups excluding carboxylic acids is 1. The molecule has 3 aromatic rings. The molecule has 4 rings (SSSR count). The zero-order valence-electron chi connectivity index (χ0n) is 16.4. The Kier molecular flexibility index (Phi) is 5.17.